The monoisotopic (exact) mass is 160 g/mol. The van der Waals surface area contributed by atoms with Crippen molar-refractivity contribution in [3.05, 3.63) is 0 Å². The van der Waals surface area contributed by atoms with Gasteiger partial charge >= 0.3 is 0 Å². The molecule has 0 bridgehead atoms. The molecule has 0 N–H and O–H groups in total. The topological polar surface area (TPSA) is 9.23 Å². The number of hydrogen-bond acceptors (Lipinski definition) is 1. The Hall–Kier alpha value is -0.110. The SMILES string of the molecule is CC[C@@H]1O[C@H](C(C)C)C[C@H]1F. The van der Waals surface area contributed by atoms with Crippen LogP contribution in [0.2, 0.25) is 0 Å². The molecule has 0 amide bonds. The van der Waals surface area contributed by atoms with Gasteiger partial charge in [0.25, 0.3) is 0 Å². The third-order valence-corrected chi connectivity index (χ3v) is 2.36. The van der Waals surface area contributed by atoms with Crippen LogP contribution in [0.25, 0.3) is 0 Å². The van der Waals surface area contributed by atoms with E-state index in [0.29, 0.717) is 12.3 Å². The molecule has 0 aliphatic carbocycles. The fourth-order valence-electron chi connectivity index (χ4n) is 1.52. The highest BCUT2D eigenvalue weighted by molar-refractivity contribution is 4.82. The van der Waals surface area contributed by atoms with E-state index in [9.17, 15) is 4.39 Å². The van der Waals surface area contributed by atoms with E-state index < -0.39 is 6.17 Å². The summed E-state index contributed by atoms with van der Waals surface area (Å²) in [5.74, 6) is 0.449. The number of rotatable bonds is 2. The van der Waals surface area contributed by atoms with E-state index in [1.807, 2.05) is 6.92 Å². The summed E-state index contributed by atoms with van der Waals surface area (Å²) in [6, 6.07) is 0. The molecule has 1 aliphatic heterocycles. The summed E-state index contributed by atoms with van der Waals surface area (Å²) in [4.78, 5) is 0. The average Bonchev–Trinajstić information content (AvgIpc) is 2.31. The zero-order valence-corrected chi connectivity index (χ0v) is 7.51. The molecule has 3 atom stereocenters. The van der Waals surface area contributed by atoms with E-state index in [0.717, 1.165) is 6.42 Å². The van der Waals surface area contributed by atoms with Gasteiger partial charge in [0, 0.05) is 6.42 Å². The lowest BCUT2D eigenvalue weighted by Gasteiger charge is -2.14. The molecule has 0 aromatic rings. The smallest absolute Gasteiger partial charge is 0.129 e. The second kappa shape index (κ2) is 3.53. The van der Waals surface area contributed by atoms with E-state index in [1.54, 1.807) is 0 Å². The van der Waals surface area contributed by atoms with Gasteiger partial charge < -0.3 is 4.74 Å². The predicted octanol–water partition coefficient (Wildman–Crippen LogP) is 2.55. The highest BCUT2D eigenvalue weighted by Crippen LogP contribution is 2.29. The second-order valence-electron chi connectivity index (χ2n) is 3.62. The number of alkyl halides is 1. The van der Waals surface area contributed by atoms with Crippen molar-refractivity contribution in [1.29, 1.82) is 0 Å². The Morgan fingerprint density at radius 3 is 2.45 bits per heavy atom. The minimum atomic E-state index is -0.729. The normalized spacial score (nSPS) is 38.5. The summed E-state index contributed by atoms with van der Waals surface area (Å²) in [5.41, 5.74) is 0. The van der Waals surface area contributed by atoms with Gasteiger partial charge in [0.1, 0.15) is 6.17 Å². The van der Waals surface area contributed by atoms with Crippen molar-refractivity contribution in [2.45, 2.75) is 52.0 Å². The molecule has 1 saturated heterocycles. The van der Waals surface area contributed by atoms with E-state index in [-0.39, 0.29) is 12.2 Å². The molecule has 0 aromatic carbocycles. The first-order valence-electron chi connectivity index (χ1n) is 4.44. The maximum Gasteiger partial charge on any atom is 0.129 e. The van der Waals surface area contributed by atoms with Crippen molar-refractivity contribution >= 4 is 0 Å². The van der Waals surface area contributed by atoms with Crippen LogP contribution in [0.3, 0.4) is 0 Å². The Bertz CT molecular complexity index is 125. The van der Waals surface area contributed by atoms with Crippen LogP contribution in [0.5, 0.6) is 0 Å². The van der Waals surface area contributed by atoms with Crippen LogP contribution in [0, 0.1) is 5.92 Å². The molecule has 0 radical (unpaired) electrons. The van der Waals surface area contributed by atoms with Crippen LogP contribution in [0.1, 0.15) is 33.6 Å². The predicted molar refractivity (Wildman–Crippen MR) is 43.3 cm³/mol. The highest BCUT2D eigenvalue weighted by atomic mass is 19.1. The summed E-state index contributed by atoms with van der Waals surface area (Å²) < 4.78 is 18.6. The largest absolute Gasteiger partial charge is 0.372 e. The first-order valence-corrected chi connectivity index (χ1v) is 4.44. The zero-order chi connectivity index (χ0) is 8.43. The van der Waals surface area contributed by atoms with Gasteiger partial charge in [-0.1, -0.05) is 20.8 Å². The Kier molecular flexibility index (Phi) is 2.88. The quantitative estimate of drug-likeness (QED) is 0.603. The van der Waals surface area contributed by atoms with E-state index in [4.69, 9.17) is 4.74 Å². The molecule has 1 aliphatic rings. The zero-order valence-electron chi connectivity index (χ0n) is 7.51. The molecule has 1 nitrogen and oxygen atoms in total. The van der Waals surface area contributed by atoms with Crippen molar-refractivity contribution in [3.8, 4) is 0 Å². The lowest BCUT2D eigenvalue weighted by molar-refractivity contribution is 0.00618. The van der Waals surface area contributed by atoms with Gasteiger partial charge in [-0.15, -0.1) is 0 Å². The highest BCUT2D eigenvalue weighted by Gasteiger charge is 2.35. The van der Waals surface area contributed by atoms with Crippen LogP contribution in [0.15, 0.2) is 0 Å². The van der Waals surface area contributed by atoms with Gasteiger partial charge in [0.05, 0.1) is 12.2 Å². The number of ether oxygens (including phenoxy) is 1. The Balaban J connectivity index is 2.43. The van der Waals surface area contributed by atoms with E-state index in [2.05, 4.69) is 13.8 Å². The van der Waals surface area contributed by atoms with Crippen molar-refractivity contribution in [2.24, 2.45) is 5.92 Å². The molecule has 0 aromatic heterocycles. The van der Waals surface area contributed by atoms with Crippen LogP contribution in [0.4, 0.5) is 4.39 Å². The number of halogens is 1. The lowest BCUT2D eigenvalue weighted by atomic mass is 10.0. The fraction of sp³-hybridized carbons (Fsp3) is 1.00. The molecule has 0 spiro atoms. The molecule has 0 saturated carbocycles. The van der Waals surface area contributed by atoms with E-state index >= 15 is 0 Å². The summed E-state index contributed by atoms with van der Waals surface area (Å²) in [7, 11) is 0. The van der Waals surface area contributed by atoms with Gasteiger partial charge in [0.2, 0.25) is 0 Å². The Morgan fingerprint density at radius 2 is 2.18 bits per heavy atom. The Labute approximate surface area is 67.9 Å². The molecule has 1 fully saturated rings. The van der Waals surface area contributed by atoms with Gasteiger partial charge in [-0.25, -0.2) is 4.39 Å². The summed E-state index contributed by atoms with van der Waals surface area (Å²) in [5, 5.41) is 0. The third kappa shape index (κ3) is 1.92. The first-order chi connectivity index (χ1) is 5.15. The van der Waals surface area contributed by atoms with Gasteiger partial charge in [-0.05, 0) is 12.3 Å². The van der Waals surface area contributed by atoms with Crippen molar-refractivity contribution in [3.63, 3.8) is 0 Å². The van der Waals surface area contributed by atoms with E-state index in [1.165, 1.54) is 0 Å². The minimum absolute atomic E-state index is 0.137. The maximum atomic E-state index is 13.1. The Morgan fingerprint density at radius 1 is 1.55 bits per heavy atom. The van der Waals surface area contributed by atoms with Crippen LogP contribution >= 0.6 is 0 Å². The van der Waals surface area contributed by atoms with Crippen molar-refractivity contribution < 1.29 is 9.13 Å². The third-order valence-electron chi connectivity index (χ3n) is 2.36. The van der Waals surface area contributed by atoms with Gasteiger partial charge in [0.15, 0.2) is 0 Å². The fourth-order valence-corrected chi connectivity index (χ4v) is 1.52. The molecule has 1 heterocycles. The second-order valence-corrected chi connectivity index (χ2v) is 3.62. The molecule has 0 unspecified atom stereocenters. The van der Waals surface area contributed by atoms with Gasteiger partial charge in [-0.2, -0.15) is 0 Å². The first kappa shape index (κ1) is 8.98. The minimum Gasteiger partial charge on any atom is -0.372 e. The summed E-state index contributed by atoms with van der Waals surface area (Å²) in [6.45, 7) is 6.13. The number of hydrogen-bond donors (Lipinski definition) is 0. The van der Waals surface area contributed by atoms with Crippen LogP contribution in [-0.2, 0) is 4.74 Å². The molecule has 11 heavy (non-hydrogen) atoms. The molecule has 1 rings (SSSR count). The van der Waals surface area contributed by atoms with Crippen LogP contribution in [-0.4, -0.2) is 18.4 Å². The van der Waals surface area contributed by atoms with Crippen molar-refractivity contribution in [1.82, 2.24) is 0 Å². The molecule has 66 valence electrons. The molecular formula is C9H17FO. The van der Waals surface area contributed by atoms with Gasteiger partial charge in [-0.3, -0.25) is 0 Å². The summed E-state index contributed by atoms with van der Waals surface area (Å²) >= 11 is 0. The average molecular weight is 160 g/mol. The van der Waals surface area contributed by atoms with Crippen LogP contribution < -0.4 is 0 Å². The maximum absolute atomic E-state index is 13.1. The standard InChI is InChI=1S/C9H17FO/c1-4-8-7(10)5-9(11-8)6(2)3/h6-9H,4-5H2,1-3H3/t7-,8+,9+/m1/s1. The van der Waals surface area contributed by atoms with Crippen molar-refractivity contribution in [2.75, 3.05) is 0 Å². The lowest BCUT2D eigenvalue weighted by Crippen LogP contribution is -2.17. The molecule has 2 heteroatoms. The molecular weight excluding hydrogens is 143 g/mol. The summed E-state index contributed by atoms with van der Waals surface area (Å²) in [6.07, 6.45) is 0.672.